The van der Waals surface area contributed by atoms with Crippen LogP contribution in [0, 0.1) is 0 Å². The number of halogens is 1. The van der Waals surface area contributed by atoms with Crippen LogP contribution in [0.5, 0.6) is 0 Å². The molecule has 0 bridgehead atoms. The Labute approximate surface area is 162 Å². The van der Waals surface area contributed by atoms with Gasteiger partial charge in [0.05, 0.1) is 19.0 Å². The number of nitrogens with zero attached hydrogens (tertiary/aromatic N) is 7. The van der Waals surface area contributed by atoms with Crippen molar-refractivity contribution in [2.75, 3.05) is 11.9 Å². The lowest BCUT2D eigenvalue weighted by atomic mass is 10.1. The summed E-state index contributed by atoms with van der Waals surface area (Å²) in [4.78, 5) is 27.4. The summed E-state index contributed by atoms with van der Waals surface area (Å²) < 4.78 is 21.7. The first-order valence-corrected chi connectivity index (χ1v) is 8.62. The zero-order valence-electron chi connectivity index (χ0n) is 14.8. The van der Waals surface area contributed by atoms with Gasteiger partial charge < -0.3 is 15.2 Å². The Morgan fingerprint density at radius 1 is 1.34 bits per heavy atom. The number of carbonyl (C=O) groups is 1. The minimum atomic E-state index is -1.72. The highest BCUT2D eigenvalue weighted by atomic mass is 19.1. The van der Waals surface area contributed by atoms with Crippen molar-refractivity contribution in [1.82, 2.24) is 19.5 Å². The van der Waals surface area contributed by atoms with Gasteiger partial charge in [-0.1, -0.05) is 23.3 Å². The molecule has 0 radical (unpaired) electrons. The first kappa shape index (κ1) is 18.7. The Morgan fingerprint density at radius 2 is 2.14 bits per heavy atom. The molecule has 1 aliphatic heterocycles. The molecule has 0 unspecified atom stereocenters. The number of aromatic nitrogens is 4. The maximum atomic E-state index is 14.8. The van der Waals surface area contributed by atoms with Gasteiger partial charge >= 0.3 is 0 Å². The lowest BCUT2D eigenvalue weighted by Crippen LogP contribution is -2.28. The van der Waals surface area contributed by atoms with E-state index in [0.29, 0.717) is 5.56 Å². The van der Waals surface area contributed by atoms with Gasteiger partial charge in [-0.15, -0.1) is 0 Å². The Kier molecular flexibility index (Phi) is 5.04. The number of aliphatic hydroxyl groups is 1. The molecule has 1 fully saturated rings. The minimum Gasteiger partial charge on any atom is -0.394 e. The van der Waals surface area contributed by atoms with Crippen LogP contribution in [0.15, 0.2) is 48.1 Å². The molecule has 3 aromatic rings. The summed E-state index contributed by atoms with van der Waals surface area (Å²) in [7, 11) is 0. The highest BCUT2D eigenvalue weighted by Gasteiger charge is 2.46. The van der Waals surface area contributed by atoms with Crippen molar-refractivity contribution < 1.29 is 19.0 Å². The molecule has 2 N–H and O–H groups in total. The summed E-state index contributed by atoms with van der Waals surface area (Å²) >= 11 is 0. The van der Waals surface area contributed by atoms with Gasteiger partial charge in [-0.3, -0.25) is 9.36 Å². The van der Waals surface area contributed by atoms with Crippen molar-refractivity contribution in [3.05, 3.63) is 59.0 Å². The van der Waals surface area contributed by atoms with E-state index in [1.807, 2.05) is 0 Å². The predicted octanol–water partition coefficient (Wildman–Crippen LogP) is 1.99. The van der Waals surface area contributed by atoms with E-state index in [1.54, 1.807) is 30.3 Å². The van der Waals surface area contributed by atoms with Gasteiger partial charge in [0.1, 0.15) is 12.4 Å². The summed E-state index contributed by atoms with van der Waals surface area (Å²) in [6.07, 6.45) is -1.43. The van der Waals surface area contributed by atoms with Gasteiger partial charge in [-0.25, -0.2) is 19.3 Å². The molecule has 1 saturated heterocycles. The number of hydrogen-bond donors (Lipinski definition) is 2. The van der Waals surface area contributed by atoms with Gasteiger partial charge in [0.2, 0.25) is 0 Å². The van der Waals surface area contributed by atoms with E-state index in [-0.39, 0.29) is 22.9 Å². The molecule has 4 rings (SSSR count). The zero-order valence-corrected chi connectivity index (χ0v) is 14.8. The summed E-state index contributed by atoms with van der Waals surface area (Å²) in [5.74, 6) is -0.231. The maximum absolute atomic E-state index is 14.8. The molecule has 148 valence electrons. The molecule has 1 aromatic carbocycles. The van der Waals surface area contributed by atoms with E-state index in [1.165, 1.54) is 17.2 Å². The highest BCUT2D eigenvalue weighted by Crippen LogP contribution is 2.35. The lowest BCUT2D eigenvalue weighted by Gasteiger charge is -2.15. The fourth-order valence-electron chi connectivity index (χ4n) is 3.17. The number of nitrogens with one attached hydrogen (secondary N) is 1. The second kappa shape index (κ2) is 7.80. The van der Waals surface area contributed by atoms with E-state index in [4.69, 9.17) is 10.3 Å². The highest BCUT2D eigenvalue weighted by molar-refractivity contribution is 6.06. The summed E-state index contributed by atoms with van der Waals surface area (Å²) in [5, 5.41) is 15.4. The van der Waals surface area contributed by atoms with E-state index in [0.717, 1.165) is 0 Å². The van der Waals surface area contributed by atoms with Crippen molar-refractivity contribution in [2.45, 2.75) is 24.5 Å². The number of amides is 1. The lowest BCUT2D eigenvalue weighted by molar-refractivity contribution is -0.0360. The molecule has 11 nitrogen and oxygen atoms in total. The van der Waals surface area contributed by atoms with Gasteiger partial charge in [-0.2, -0.15) is 0 Å². The quantitative estimate of drug-likeness (QED) is 0.381. The van der Waals surface area contributed by atoms with Gasteiger partial charge in [0, 0.05) is 10.5 Å². The second-order valence-electron chi connectivity index (χ2n) is 6.25. The Balaban J connectivity index is 1.66. The normalized spacial score (nSPS) is 23.7. The molecule has 3 heterocycles. The average molecular weight is 398 g/mol. The van der Waals surface area contributed by atoms with Crippen LogP contribution in [0.2, 0.25) is 0 Å². The number of hydrogen-bond acceptors (Lipinski definition) is 7. The van der Waals surface area contributed by atoms with Crippen molar-refractivity contribution in [2.24, 2.45) is 5.11 Å². The van der Waals surface area contributed by atoms with E-state index >= 15 is 0 Å². The number of carbonyl (C=O) groups excluding carboxylic acids is 1. The largest absolute Gasteiger partial charge is 0.394 e. The third-order valence-corrected chi connectivity index (χ3v) is 4.56. The Morgan fingerprint density at radius 3 is 2.86 bits per heavy atom. The number of alkyl halides is 1. The summed E-state index contributed by atoms with van der Waals surface area (Å²) in [6, 6.07) is 7.37. The molecule has 12 heteroatoms. The van der Waals surface area contributed by atoms with E-state index in [9.17, 15) is 14.3 Å². The number of aliphatic hydroxyl groups excluding tert-OH is 1. The molecule has 0 saturated carbocycles. The van der Waals surface area contributed by atoms with Crippen LogP contribution in [-0.4, -0.2) is 55.5 Å². The smallest absolute Gasteiger partial charge is 0.256 e. The topological polar surface area (TPSA) is 151 Å². The molecule has 0 aliphatic carbocycles. The number of anilines is 1. The van der Waals surface area contributed by atoms with Crippen LogP contribution in [0.4, 0.5) is 10.2 Å². The number of ether oxygens (including phenoxy) is 1. The van der Waals surface area contributed by atoms with Gasteiger partial charge in [-0.05, 0) is 17.7 Å². The monoisotopic (exact) mass is 398 g/mol. The molecule has 1 amide bonds. The van der Waals surface area contributed by atoms with Crippen molar-refractivity contribution in [3.63, 3.8) is 0 Å². The number of azide groups is 1. The fourth-order valence-corrected chi connectivity index (χ4v) is 3.17. The van der Waals surface area contributed by atoms with Crippen molar-refractivity contribution >= 4 is 22.9 Å². The maximum Gasteiger partial charge on any atom is 0.256 e. The van der Waals surface area contributed by atoms with Crippen LogP contribution in [0.3, 0.4) is 0 Å². The Hall–Kier alpha value is -3.60. The first-order chi connectivity index (χ1) is 14.1. The van der Waals surface area contributed by atoms with Crippen LogP contribution < -0.4 is 5.32 Å². The van der Waals surface area contributed by atoms with E-state index < -0.39 is 31.2 Å². The molecular formula is C17H15FN8O3. The second-order valence-corrected chi connectivity index (χ2v) is 6.25. The average Bonchev–Trinajstić information content (AvgIpc) is 3.31. The van der Waals surface area contributed by atoms with Crippen LogP contribution >= 0.6 is 0 Å². The molecule has 29 heavy (non-hydrogen) atoms. The van der Waals surface area contributed by atoms with Crippen LogP contribution in [0.1, 0.15) is 16.6 Å². The first-order valence-electron chi connectivity index (χ1n) is 8.62. The van der Waals surface area contributed by atoms with Crippen molar-refractivity contribution in [3.8, 4) is 0 Å². The molecule has 0 spiro atoms. The summed E-state index contributed by atoms with van der Waals surface area (Å²) in [6.45, 7) is -0.513. The predicted molar refractivity (Wildman–Crippen MR) is 98.5 cm³/mol. The van der Waals surface area contributed by atoms with Crippen LogP contribution in [0.25, 0.3) is 21.6 Å². The molecule has 2 aromatic heterocycles. The number of benzene rings is 1. The minimum absolute atomic E-state index is 0.154. The fraction of sp³-hybridized carbons (Fsp3) is 0.294. The number of imidazole rings is 1. The Bertz CT molecular complexity index is 1080. The standard InChI is InChI=1S/C17H15FN8O3/c18-11-12(24-25-19)10(6-27)29-17(11)26-8-22-13-14(20-7-21-15(13)26)23-16(28)9-4-2-1-3-5-9/h1-5,7-8,10-12,17,27H,6H2,(H,20,21,23,28)/t10-,11-,12-,17-/m1/s1. The molecule has 1 aliphatic rings. The van der Waals surface area contributed by atoms with Crippen molar-refractivity contribution in [1.29, 1.82) is 0 Å². The number of fused-ring (bicyclic) bond motifs is 1. The molecular weight excluding hydrogens is 383 g/mol. The zero-order chi connectivity index (χ0) is 20.4. The van der Waals surface area contributed by atoms with Gasteiger partial charge in [0.15, 0.2) is 29.4 Å². The molecule has 4 atom stereocenters. The third kappa shape index (κ3) is 3.36. The van der Waals surface area contributed by atoms with E-state index in [2.05, 4.69) is 30.3 Å². The van der Waals surface area contributed by atoms with Gasteiger partial charge in [0.25, 0.3) is 5.91 Å². The van der Waals surface area contributed by atoms with Crippen LogP contribution in [-0.2, 0) is 4.74 Å². The summed E-state index contributed by atoms with van der Waals surface area (Å²) in [5.41, 5.74) is 9.52. The third-order valence-electron chi connectivity index (χ3n) is 4.56. The number of rotatable bonds is 5. The SMILES string of the molecule is [N-]=[N+]=N[C@H]1[C@@H](F)[C@H](n2cnc3c(NC(=O)c4ccccc4)ncnc32)O[C@@H]1CO.